The summed E-state index contributed by atoms with van der Waals surface area (Å²) in [6.07, 6.45) is 2.84. The average Bonchev–Trinajstić information content (AvgIpc) is 3.07. The molecule has 0 aliphatic carbocycles. The highest BCUT2D eigenvalue weighted by atomic mass is 16.2. The van der Waals surface area contributed by atoms with Crippen molar-refractivity contribution in [1.82, 2.24) is 19.6 Å². The third-order valence-electron chi connectivity index (χ3n) is 4.77. The summed E-state index contributed by atoms with van der Waals surface area (Å²) in [7, 11) is 0. The molecular formula is C18H20N6O. The summed E-state index contributed by atoms with van der Waals surface area (Å²) in [4.78, 5) is 22.5. The van der Waals surface area contributed by atoms with Gasteiger partial charge in [0.05, 0.1) is 0 Å². The highest BCUT2D eigenvalue weighted by Crippen LogP contribution is 2.31. The average molecular weight is 336 g/mol. The first-order valence-corrected chi connectivity index (χ1v) is 8.45. The maximum atomic E-state index is 12.0. The fourth-order valence-electron chi connectivity index (χ4n) is 3.30. The van der Waals surface area contributed by atoms with E-state index < -0.39 is 0 Å². The highest BCUT2D eigenvalue weighted by Gasteiger charge is 2.23. The molecule has 7 heteroatoms. The van der Waals surface area contributed by atoms with Gasteiger partial charge in [-0.3, -0.25) is 4.79 Å². The number of amides is 1. The number of carbonyl (C=O) groups is 1. The zero-order valence-corrected chi connectivity index (χ0v) is 14.6. The molecular weight excluding hydrogens is 316 g/mol. The molecule has 0 unspecified atom stereocenters. The smallest absolute Gasteiger partial charge is 0.254 e. The summed E-state index contributed by atoms with van der Waals surface area (Å²) < 4.78 is 1.71. The van der Waals surface area contributed by atoms with Gasteiger partial charge in [-0.05, 0) is 51.0 Å². The number of benzene rings is 1. The Morgan fingerprint density at radius 3 is 2.88 bits per heavy atom. The number of aryl methyl sites for hydroxylation is 2. The number of nitrogens with zero attached hydrogens (tertiary/aromatic N) is 5. The van der Waals surface area contributed by atoms with E-state index in [-0.39, 0.29) is 5.91 Å². The maximum Gasteiger partial charge on any atom is 0.254 e. The maximum absolute atomic E-state index is 12.0. The van der Waals surface area contributed by atoms with Gasteiger partial charge in [-0.1, -0.05) is 0 Å². The Morgan fingerprint density at radius 2 is 2.08 bits per heavy atom. The summed E-state index contributed by atoms with van der Waals surface area (Å²) in [5, 5.41) is 7.72. The molecule has 0 saturated carbocycles. The van der Waals surface area contributed by atoms with Gasteiger partial charge in [0, 0.05) is 35.6 Å². The summed E-state index contributed by atoms with van der Waals surface area (Å²) in [6, 6.07) is 6.13. The van der Waals surface area contributed by atoms with Crippen LogP contribution in [0.4, 0.5) is 17.2 Å². The van der Waals surface area contributed by atoms with E-state index in [0.717, 1.165) is 34.9 Å². The number of hydrogen-bond donors (Lipinski definition) is 1. The van der Waals surface area contributed by atoms with Gasteiger partial charge in [-0.25, -0.2) is 4.98 Å². The van der Waals surface area contributed by atoms with E-state index in [9.17, 15) is 4.79 Å². The predicted octanol–water partition coefficient (Wildman–Crippen LogP) is 2.78. The van der Waals surface area contributed by atoms with Crippen molar-refractivity contribution in [3.63, 3.8) is 0 Å². The Labute approximate surface area is 145 Å². The predicted molar refractivity (Wildman–Crippen MR) is 96.3 cm³/mol. The van der Waals surface area contributed by atoms with Crippen molar-refractivity contribution >= 4 is 28.9 Å². The van der Waals surface area contributed by atoms with Crippen LogP contribution in [0.3, 0.4) is 0 Å². The minimum absolute atomic E-state index is 0.195. The molecule has 1 N–H and O–H groups in total. The zero-order chi connectivity index (χ0) is 17.6. The fourth-order valence-corrected chi connectivity index (χ4v) is 3.30. The van der Waals surface area contributed by atoms with Crippen LogP contribution in [0.2, 0.25) is 0 Å². The van der Waals surface area contributed by atoms with E-state index in [1.54, 1.807) is 4.52 Å². The van der Waals surface area contributed by atoms with Crippen LogP contribution in [0.5, 0.6) is 0 Å². The Bertz CT molecular complexity index is 977. The Kier molecular flexibility index (Phi) is 3.63. The van der Waals surface area contributed by atoms with Crippen LogP contribution >= 0.6 is 0 Å². The van der Waals surface area contributed by atoms with Gasteiger partial charge < -0.3 is 10.2 Å². The normalized spacial score (nSPS) is 14.0. The van der Waals surface area contributed by atoms with Crippen LogP contribution in [0.1, 0.15) is 30.2 Å². The lowest BCUT2D eigenvalue weighted by atomic mass is 10.0. The zero-order valence-electron chi connectivity index (χ0n) is 14.6. The number of carbonyl (C=O) groups excluding carboxylic acids is 1. The molecule has 0 spiro atoms. The Morgan fingerprint density at radius 1 is 1.24 bits per heavy atom. The Hall–Kier alpha value is -2.96. The number of rotatable bonds is 3. The fraction of sp³-hybridized carbons (Fsp3) is 0.333. The topological polar surface area (TPSA) is 75.4 Å². The Balaban J connectivity index is 1.75. The largest absolute Gasteiger partial charge is 0.340 e. The third-order valence-corrected chi connectivity index (χ3v) is 4.77. The van der Waals surface area contributed by atoms with E-state index in [4.69, 9.17) is 0 Å². The lowest BCUT2D eigenvalue weighted by Crippen LogP contribution is -2.34. The molecule has 3 aromatic rings. The summed E-state index contributed by atoms with van der Waals surface area (Å²) in [6.45, 7) is 6.68. The summed E-state index contributed by atoms with van der Waals surface area (Å²) >= 11 is 0. The SMILES string of the molecule is CCN1C(=O)CCc2cc(Nc3c(C)c(C)nc4ncnn34)ccc21. The van der Waals surface area contributed by atoms with Crippen LogP contribution in [0.15, 0.2) is 24.5 Å². The van der Waals surface area contributed by atoms with Crippen molar-refractivity contribution in [1.29, 1.82) is 0 Å². The van der Waals surface area contributed by atoms with Crippen molar-refractivity contribution in [2.45, 2.75) is 33.6 Å². The molecule has 0 saturated heterocycles. The molecule has 4 rings (SSSR count). The third kappa shape index (κ3) is 2.52. The van der Waals surface area contributed by atoms with Crippen molar-refractivity contribution in [3.8, 4) is 0 Å². The molecule has 25 heavy (non-hydrogen) atoms. The number of anilines is 3. The first-order chi connectivity index (χ1) is 12.1. The van der Waals surface area contributed by atoms with Crippen molar-refractivity contribution in [3.05, 3.63) is 41.3 Å². The molecule has 0 radical (unpaired) electrons. The molecule has 1 aromatic carbocycles. The lowest BCUT2D eigenvalue weighted by Gasteiger charge is -2.28. The van der Waals surface area contributed by atoms with Gasteiger partial charge in [0.15, 0.2) is 0 Å². The van der Waals surface area contributed by atoms with Crippen LogP contribution in [0, 0.1) is 13.8 Å². The van der Waals surface area contributed by atoms with Crippen molar-refractivity contribution in [2.24, 2.45) is 0 Å². The molecule has 1 amide bonds. The monoisotopic (exact) mass is 336 g/mol. The molecule has 7 nitrogen and oxygen atoms in total. The molecule has 1 aliphatic rings. The number of hydrogen-bond acceptors (Lipinski definition) is 5. The molecule has 0 atom stereocenters. The number of fused-ring (bicyclic) bond motifs is 2. The van der Waals surface area contributed by atoms with E-state index in [2.05, 4.69) is 26.4 Å². The molecule has 0 bridgehead atoms. The first-order valence-electron chi connectivity index (χ1n) is 8.45. The van der Waals surface area contributed by atoms with Crippen LogP contribution in [0.25, 0.3) is 5.78 Å². The number of nitrogens with one attached hydrogen (secondary N) is 1. The van der Waals surface area contributed by atoms with E-state index in [1.807, 2.05) is 37.8 Å². The van der Waals surface area contributed by atoms with Crippen molar-refractivity contribution in [2.75, 3.05) is 16.8 Å². The molecule has 0 fully saturated rings. The van der Waals surface area contributed by atoms with Gasteiger partial charge in [-0.2, -0.15) is 14.6 Å². The number of aromatic nitrogens is 4. The van der Waals surface area contributed by atoms with Crippen molar-refractivity contribution < 1.29 is 4.79 Å². The van der Waals surface area contributed by atoms with Gasteiger partial charge in [0.1, 0.15) is 12.1 Å². The minimum Gasteiger partial charge on any atom is -0.340 e. The van der Waals surface area contributed by atoms with Gasteiger partial charge in [-0.15, -0.1) is 0 Å². The van der Waals surface area contributed by atoms with Crippen LogP contribution in [-0.2, 0) is 11.2 Å². The van der Waals surface area contributed by atoms with Gasteiger partial charge in [0.25, 0.3) is 5.78 Å². The quantitative estimate of drug-likeness (QED) is 0.796. The summed E-state index contributed by atoms with van der Waals surface area (Å²) in [5.74, 6) is 1.63. The van der Waals surface area contributed by atoms with Crippen LogP contribution < -0.4 is 10.2 Å². The second-order valence-electron chi connectivity index (χ2n) is 6.25. The highest BCUT2D eigenvalue weighted by molar-refractivity contribution is 5.96. The molecule has 2 aromatic heterocycles. The van der Waals surface area contributed by atoms with Crippen LogP contribution in [-0.4, -0.2) is 32.0 Å². The minimum atomic E-state index is 0.195. The van der Waals surface area contributed by atoms with Gasteiger partial charge >= 0.3 is 0 Å². The summed E-state index contributed by atoms with van der Waals surface area (Å²) in [5.41, 5.74) is 5.11. The van der Waals surface area contributed by atoms with Gasteiger partial charge in [0.2, 0.25) is 5.91 Å². The van der Waals surface area contributed by atoms with E-state index >= 15 is 0 Å². The standard InChI is InChI=1S/C18H20N6O/c1-4-23-15-7-6-14(9-13(15)5-8-16(23)25)22-17-11(2)12(3)21-18-19-10-20-24(17)18/h6-7,9-10,22H,4-5,8H2,1-3H3. The molecule has 128 valence electrons. The molecule has 1 aliphatic heterocycles. The molecule has 3 heterocycles. The second-order valence-corrected chi connectivity index (χ2v) is 6.25. The lowest BCUT2D eigenvalue weighted by molar-refractivity contribution is -0.118. The van der Waals surface area contributed by atoms with E-state index in [1.165, 1.54) is 11.9 Å². The first kappa shape index (κ1) is 15.6. The van der Waals surface area contributed by atoms with E-state index in [0.29, 0.717) is 18.7 Å². The second kappa shape index (κ2) is 5.84.